The summed E-state index contributed by atoms with van der Waals surface area (Å²) in [6.45, 7) is 5.60. The largest absolute Gasteiger partial charge is 0.310 e. The number of rotatable bonds is 2. The summed E-state index contributed by atoms with van der Waals surface area (Å²) < 4.78 is 0. The molecule has 0 unspecified atom stereocenters. The van der Waals surface area contributed by atoms with Crippen molar-refractivity contribution in [2.24, 2.45) is 0 Å². The van der Waals surface area contributed by atoms with E-state index in [0.29, 0.717) is 6.04 Å². The van der Waals surface area contributed by atoms with E-state index in [-0.39, 0.29) is 0 Å². The van der Waals surface area contributed by atoms with Gasteiger partial charge >= 0.3 is 0 Å². The van der Waals surface area contributed by atoms with E-state index in [0.717, 1.165) is 6.42 Å². The van der Waals surface area contributed by atoms with Crippen LogP contribution in [0, 0.1) is 6.92 Å². The zero-order valence-electron chi connectivity index (χ0n) is 9.14. The first kappa shape index (κ1) is 9.72. The maximum Gasteiger partial charge on any atom is 0.0323 e. The Kier molecular flexibility index (Phi) is 2.87. The maximum atomic E-state index is 3.57. The molecule has 1 heteroatoms. The molecule has 0 bridgehead atoms. The molecule has 0 aromatic heterocycles. The Morgan fingerprint density at radius 1 is 1.43 bits per heavy atom. The molecule has 1 aliphatic rings. The molecule has 0 amide bonds. The first-order chi connectivity index (χ1) is 6.81. The van der Waals surface area contributed by atoms with Gasteiger partial charge in [0.25, 0.3) is 0 Å². The molecule has 2 rings (SSSR count). The highest BCUT2D eigenvalue weighted by molar-refractivity contribution is 5.34. The third-order valence-corrected chi connectivity index (χ3v) is 3.12. The molecule has 1 N–H and O–H groups in total. The standard InChI is InChI=1S/C13H19N/c1-3-11-7-6-10(2)9-12(11)13-5-4-8-14-13/h6-7,9,13-14H,3-5,8H2,1-2H3/t13-/m1/s1. The molecule has 1 heterocycles. The topological polar surface area (TPSA) is 12.0 Å². The highest BCUT2D eigenvalue weighted by Crippen LogP contribution is 2.27. The minimum atomic E-state index is 0.616. The number of hydrogen-bond acceptors (Lipinski definition) is 1. The molecular weight excluding hydrogens is 170 g/mol. The fraction of sp³-hybridized carbons (Fsp3) is 0.538. The fourth-order valence-electron chi connectivity index (χ4n) is 2.31. The number of hydrogen-bond donors (Lipinski definition) is 1. The molecule has 1 aromatic rings. The van der Waals surface area contributed by atoms with Crippen LogP contribution in [-0.2, 0) is 6.42 Å². The minimum Gasteiger partial charge on any atom is -0.310 e. The van der Waals surface area contributed by atoms with Gasteiger partial charge in [0.1, 0.15) is 0 Å². The Bertz CT molecular complexity index is 311. The molecule has 1 atom stereocenters. The number of benzene rings is 1. The van der Waals surface area contributed by atoms with Crippen molar-refractivity contribution in [1.82, 2.24) is 5.32 Å². The lowest BCUT2D eigenvalue weighted by Gasteiger charge is -2.15. The summed E-state index contributed by atoms with van der Waals surface area (Å²) in [6.07, 6.45) is 3.77. The summed E-state index contributed by atoms with van der Waals surface area (Å²) >= 11 is 0. The van der Waals surface area contributed by atoms with Gasteiger partial charge in [0.05, 0.1) is 0 Å². The van der Waals surface area contributed by atoms with E-state index >= 15 is 0 Å². The average molecular weight is 189 g/mol. The summed E-state index contributed by atoms with van der Waals surface area (Å²) in [5.74, 6) is 0. The van der Waals surface area contributed by atoms with Crippen LogP contribution in [-0.4, -0.2) is 6.54 Å². The molecule has 0 saturated carbocycles. The van der Waals surface area contributed by atoms with Gasteiger partial charge in [-0.15, -0.1) is 0 Å². The summed E-state index contributed by atoms with van der Waals surface area (Å²) in [4.78, 5) is 0. The van der Waals surface area contributed by atoms with Crippen molar-refractivity contribution < 1.29 is 0 Å². The van der Waals surface area contributed by atoms with Crippen LogP contribution in [0.1, 0.15) is 42.5 Å². The number of nitrogens with one attached hydrogen (secondary N) is 1. The van der Waals surface area contributed by atoms with Gasteiger partial charge < -0.3 is 5.32 Å². The summed E-state index contributed by atoms with van der Waals surface area (Å²) in [5, 5.41) is 3.57. The Hall–Kier alpha value is -0.820. The average Bonchev–Trinajstić information content (AvgIpc) is 2.70. The summed E-state index contributed by atoms with van der Waals surface area (Å²) in [7, 11) is 0. The third-order valence-electron chi connectivity index (χ3n) is 3.12. The molecule has 1 saturated heterocycles. The predicted octanol–water partition coefficient (Wildman–Crippen LogP) is 2.98. The zero-order valence-corrected chi connectivity index (χ0v) is 9.14. The fourth-order valence-corrected chi connectivity index (χ4v) is 2.31. The van der Waals surface area contributed by atoms with Crippen molar-refractivity contribution in [3.63, 3.8) is 0 Å². The second-order valence-corrected chi connectivity index (χ2v) is 4.20. The molecule has 1 nitrogen and oxygen atoms in total. The predicted molar refractivity (Wildman–Crippen MR) is 60.5 cm³/mol. The summed E-state index contributed by atoms with van der Waals surface area (Å²) in [5.41, 5.74) is 4.42. The van der Waals surface area contributed by atoms with Crippen LogP contribution in [0.25, 0.3) is 0 Å². The van der Waals surface area contributed by atoms with Gasteiger partial charge in [-0.1, -0.05) is 30.7 Å². The van der Waals surface area contributed by atoms with Crippen molar-refractivity contribution >= 4 is 0 Å². The van der Waals surface area contributed by atoms with Gasteiger partial charge in [0, 0.05) is 6.04 Å². The Morgan fingerprint density at radius 3 is 2.93 bits per heavy atom. The lowest BCUT2D eigenvalue weighted by molar-refractivity contribution is 0.640. The SMILES string of the molecule is CCc1ccc(C)cc1[C@H]1CCCN1. The monoisotopic (exact) mass is 189 g/mol. The second-order valence-electron chi connectivity index (χ2n) is 4.20. The lowest BCUT2D eigenvalue weighted by atomic mass is 9.96. The Morgan fingerprint density at radius 2 is 2.29 bits per heavy atom. The molecule has 1 fully saturated rings. The van der Waals surface area contributed by atoms with Crippen molar-refractivity contribution in [2.45, 2.75) is 39.2 Å². The highest BCUT2D eigenvalue weighted by Gasteiger charge is 2.18. The van der Waals surface area contributed by atoms with Crippen molar-refractivity contribution in [3.05, 3.63) is 34.9 Å². The molecule has 0 aliphatic carbocycles. The first-order valence-electron chi connectivity index (χ1n) is 5.64. The van der Waals surface area contributed by atoms with E-state index in [9.17, 15) is 0 Å². The maximum absolute atomic E-state index is 3.57. The number of aryl methyl sites for hydroxylation is 2. The van der Waals surface area contributed by atoms with Crippen molar-refractivity contribution in [2.75, 3.05) is 6.54 Å². The van der Waals surface area contributed by atoms with E-state index in [1.54, 1.807) is 0 Å². The smallest absolute Gasteiger partial charge is 0.0323 e. The highest BCUT2D eigenvalue weighted by atomic mass is 14.9. The van der Waals surface area contributed by atoms with Gasteiger partial charge in [-0.05, 0) is 43.9 Å². The van der Waals surface area contributed by atoms with Crippen LogP contribution >= 0.6 is 0 Å². The molecule has 0 spiro atoms. The van der Waals surface area contributed by atoms with Crippen LogP contribution in [0.5, 0.6) is 0 Å². The van der Waals surface area contributed by atoms with Gasteiger partial charge in [0.2, 0.25) is 0 Å². The van der Waals surface area contributed by atoms with Crippen molar-refractivity contribution in [3.8, 4) is 0 Å². The van der Waals surface area contributed by atoms with Gasteiger partial charge in [0.15, 0.2) is 0 Å². The van der Waals surface area contributed by atoms with Gasteiger partial charge in [-0.2, -0.15) is 0 Å². The first-order valence-corrected chi connectivity index (χ1v) is 5.64. The summed E-state index contributed by atoms with van der Waals surface area (Å²) in [6, 6.07) is 7.47. The van der Waals surface area contributed by atoms with Crippen molar-refractivity contribution in [1.29, 1.82) is 0 Å². The molecule has 1 aromatic carbocycles. The Labute approximate surface area is 86.5 Å². The van der Waals surface area contributed by atoms with Crippen LogP contribution < -0.4 is 5.32 Å². The van der Waals surface area contributed by atoms with Crippen LogP contribution in [0.4, 0.5) is 0 Å². The van der Waals surface area contributed by atoms with E-state index in [2.05, 4.69) is 37.4 Å². The van der Waals surface area contributed by atoms with Crippen LogP contribution in [0.2, 0.25) is 0 Å². The second kappa shape index (κ2) is 4.14. The molecule has 76 valence electrons. The third kappa shape index (κ3) is 1.83. The van der Waals surface area contributed by atoms with Gasteiger partial charge in [-0.25, -0.2) is 0 Å². The zero-order chi connectivity index (χ0) is 9.97. The van der Waals surface area contributed by atoms with E-state index in [1.165, 1.54) is 36.1 Å². The Balaban J connectivity index is 2.33. The lowest BCUT2D eigenvalue weighted by Crippen LogP contribution is -2.14. The van der Waals surface area contributed by atoms with Crippen LogP contribution in [0.3, 0.4) is 0 Å². The normalized spacial score (nSPS) is 21.4. The minimum absolute atomic E-state index is 0.616. The van der Waals surface area contributed by atoms with Crippen LogP contribution in [0.15, 0.2) is 18.2 Å². The molecule has 14 heavy (non-hydrogen) atoms. The molecule has 0 radical (unpaired) electrons. The van der Waals surface area contributed by atoms with Gasteiger partial charge in [-0.3, -0.25) is 0 Å². The van der Waals surface area contributed by atoms with E-state index < -0.39 is 0 Å². The molecule has 1 aliphatic heterocycles. The quantitative estimate of drug-likeness (QED) is 0.754. The molecular formula is C13H19N. The van der Waals surface area contributed by atoms with E-state index in [1.807, 2.05) is 0 Å². The van der Waals surface area contributed by atoms with E-state index in [4.69, 9.17) is 0 Å².